The summed E-state index contributed by atoms with van der Waals surface area (Å²) in [4.78, 5) is 0. The summed E-state index contributed by atoms with van der Waals surface area (Å²) in [7, 11) is 0. The molecule has 0 saturated heterocycles. The van der Waals surface area contributed by atoms with Gasteiger partial charge in [0.25, 0.3) is 0 Å². The number of nitrogens with zero attached hydrogens (tertiary/aromatic N) is 4. The molecule has 2 fully saturated rings. The Morgan fingerprint density at radius 3 is 2.95 bits per heavy atom. The van der Waals surface area contributed by atoms with Crippen LogP contribution in [0.15, 0.2) is 12.1 Å². The third kappa shape index (κ3) is 2.18. The van der Waals surface area contributed by atoms with Crippen LogP contribution >= 0.6 is 0 Å². The van der Waals surface area contributed by atoms with Crippen molar-refractivity contribution >= 4 is 11.5 Å². The number of hydrogen-bond acceptors (Lipinski definition) is 5. The molecule has 4 rings (SSSR count). The van der Waals surface area contributed by atoms with Crippen molar-refractivity contribution in [3.63, 3.8) is 0 Å². The highest BCUT2D eigenvalue weighted by Crippen LogP contribution is 2.40. The Bertz CT molecular complexity index is 665. The number of aliphatic hydroxyl groups excluding tert-OH is 1. The highest BCUT2D eigenvalue weighted by atomic mass is 16.3. The average Bonchev–Trinajstić information content (AvgIpc) is 3.15. The summed E-state index contributed by atoms with van der Waals surface area (Å²) in [5.41, 5.74) is 0.752. The molecule has 0 spiro atoms. The monoisotopic (exact) mass is 287 g/mol. The minimum atomic E-state index is -0.0524. The van der Waals surface area contributed by atoms with Gasteiger partial charge in [-0.15, -0.1) is 15.3 Å². The molecule has 2 aliphatic carbocycles. The van der Waals surface area contributed by atoms with Crippen molar-refractivity contribution in [3.05, 3.63) is 18.0 Å². The summed E-state index contributed by atoms with van der Waals surface area (Å²) < 4.78 is 1.87. The van der Waals surface area contributed by atoms with E-state index in [2.05, 4.69) is 27.5 Å². The molecule has 2 heterocycles. The number of hydrogen-bond donors (Lipinski definition) is 2. The summed E-state index contributed by atoms with van der Waals surface area (Å²) >= 11 is 0. The van der Waals surface area contributed by atoms with Crippen molar-refractivity contribution in [1.82, 2.24) is 19.8 Å². The zero-order valence-electron chi connectivity index (χ0n) is 12.3. The Hall–Kier alpha value is -1.69. The van der Waals surface area contributed by atoms with Gasteiger partial charge in [-0.05, 0) is 37.8 Å². The van der Waals surface area contributed by atoms with Crippen LogP contribution in [0.3, 0.4) is 0 Å². The van der Waals surface area contributed by atoms with Gasteiger partial charge in [-0.2, -0.15) is 4.52 Å². The number of nitrogens with one attached hydrogen (secondary N) is 1. The number of rotatable bonds is 4. The lowest BCUT2D eigenvalue weighted by atomic mass is 9.86. The molecular weight excluding hydrogens is 266 g/mol. The van der Waals surface area contributed by atoms with Crippen LogP contribution < -0.4 is 5.32 Å². The Kier molecular flexibility index (Phi) is 2.89. The van der Waals surface area contributed by atoms with Crippen molar-refractivity contribution in [2.75, 3.05) is 11.9 Å². The predicted molar refractivity (Wildman–Crippen MR) is 79.2 cm³/mol. The SMILES string of the molecule is CC1(CO)CCCC1Nc1ccc2nnc(C3CC3)n2n1. The van der Waals surface area contributed by atoms with Gasteiger partial charge in [-0.1, -0.05) is 13.3 Å². The van der Waals surface area contributed by atoms with Crippen LogP contribution in [0.25, 0.3) is 5.65 Å². The highest BCUT2D eigenvalue weighted by Gasteiger charge is 2.38. The summed E-state index contributed by atoms with van der Waals surface area (Å²) in [6, 6.07) is 4.18. The predicted octanol–water partition coefficient (Wildman–Crippen LogP) is 1.96. The molecule has 0 amide bonds. The molecule has 2 aromatic rings. The van der Waals surface area contributed by atoms with Crippen molar-refractivity contribution in [1.29, 1.82) is 0 Å². The first kappa shape index (κ1) is 13.0. The summed E-state index contributed by atoms with van der Waals surface area (Å²) in [5, 5.41) is 26.3. The quantitative estimate of drug-likeness (QED) is 0.899. The molecule has 2 aliphatic rings. The van der Waals surface area contributed by atoms with E-state index >= 15 is 0 Å². The first-order valence-corrected chi connectivity index (χ1v) is 7.79. The van der Waals surface area contributed by atoms with Gasteiger partial charge < -0.3 is 10.4 Å². The van der Waals surface area contributed by atoms with E-state index in [0.717, 1.165) is 36.6 Å². The number of anilines is 1. The van der Waals surface area contributed by atoms with Crippen LogP contribution in [0.2, 0.25) is 0 Å². The van der Waals surface area contributed by atoms with Gasteiger partial charge in [0.15, 0.2) is 11.5 Å². The van der Waals surface area contributed by atoms with Crippen molar-refractivity contribution < 1.29 is 5.11 Å². The summed E-state index contributed by atoms with van der Waals surface area (Å²) in [6.45, 7) is 2.36. The van der Waals surface area contributed by atoms with E-state index in [1.54, 1.807) is 0 Å². The van der Waals surface area contributed by atoms with Gasteiger partial charge in [-0.3, -0.25) is 0 Å². The fourth-order valence-corrected chi connectivity index (χ4v) is 3.33. The second-order valence-corrected chi connectivity index (χ2v) is 6.72. The molecule has 2 N–H and O–H groups in total. The van der Waals surface area contributed by atoms with Gasteiger partial charge in [0, 0.05) is 17.4 Å². The lowest BCUT2D eigenvalue weighted by Crippen LogP contribution is -2.36. The Balaban J connectivity index is 1.63. The molecule has 112 valence electrons. The summed E-state index contributed by atoms with van der Waals surface area (Å²) in [6.07, 6.45) is 5.66. The molecule has 0 aliphatic heterocycles. The maximum atomic E-state index is 9.65. The summed E-state index contributed by atoms with van der Waals surface area (Å²) in [5.74, 6) is 2.35. The number of aromatic nitrogens is 4. The Morgan fingerprint density at radius 1 is 1.33 bits per heavy atom. The Morgan fingerprint density at radius 2 is 2.19 bits per heavy atom. The first-order valence-electron chi connectivity index (χ1n) is 7.79. The van der Waals surface area contributed by atoms with E-state index in [-0.39, 0.29) is 18.1 Å². The maximum Gasteiger partial charge on any atom is 0.178 e. The Labute approximate surface area is 123 Å². The second kappa shape index (κ2) is 4.66. The van der Waals surface area contributed by atoms with E-state index < -0.39 is 0 Å². The molecule has 2 unspecified atom stereocenters. The second-order valence-electron chi connectivity index (χ2n) is 6.72. The van der Waals surface area contributed by atoms with Crippen LogP contribution in [0, 0.1) is 5.41 Å². The normalized spacial score (nSPS) is 29.1. The molecule has 2 saturated carbocycles. The smallest absolute Gasteiger partial charge is 0.178 e. The third-order valence-electron chi connectivity index (χ3n) is 4.99. The van der Waals surface area contributed by atoms with Crippen LogP contribution in [0.5, 0.6) is 0 Å². The molecular formula is C15H21N5O. The number of aliphatic hydroxyl groups is 1. The maximum absolute atomic E-state index is 9.65. The number of fused-ring (bicyclic) bond motifs is 1. The molecule has 0 aromatic carbocycles. The first-order chi connectivity index (χ1) is 10.2. The fraction of sp³-hybridized carbons (Fsp3) is 0.667. The largest absolute Gasteiger partial charge is 0.396 e. The molecule has 6 heteroatoms. The van der Waals surface area contributed by atoms with Gasteiger partial charge in [0.1, 0.15) is 5.82 Å². The van der Waals surface area contributed by atoms with Crippen molar-refractivity contribution in [2.24, 2.45) is 5.41 Å². The molecule has 6 nitrogen and oxygen atoms in total. The van der Waals surface area contributed by atoms with Gasteiger partial charge >= 0.3 is 0 Å². The molecule has 2 atom stereocenters. The molecule has 0 bridgehead atoms. The van der Waals surface area contributed by atoms with Crippen LogP contribution in [0.1, 0.15) is 50.8 Å². The van der Waals surface area contributed by atoms with E-state index in [4.69, 9.17) is 0 Å². The fourth-order valence-electron chi connectivity index (χ4n) is 3.33. The standard InChI is InChI=1S/C15H21N5O/c1-15(9-21)8-2-3-11(15)16-12-6-7-13-17-18-14(10-4-5-10)20(13)19-12/h6-7,10-11,21H,2-5,8-9H2,1H3,(H,16,19). The minimum absolute atomic E-state index is 0.0524. The van der Waals surface area contributed by atoms with Gasteiger partial charge in [0.2, 0.25) is 0 Å². The van der Waals surface area contributed by atoms with Gasteiger partial charge in [0.05, 0.1) is 6.61 Å². The minimum Gasteiger partial charge on any atom is -0.396 e. The van der Waals surface area contributed by atoms with Crippen LogP contribution in [0.4, 0.5) is 5.82 Å². The van der Waals surface area contributed by atoms with E-state index in [9.17, 15) is 5.11 Å². The van der Waals surface area contributed by atoms with Crippen molar-refractivity contribution in [2.45, 2.75) is 51.0 Å². The molecule has 0 radical (unpaired) electrons. The van der Waals surface area contributed by atoms with E-state index in [0.29, 0.717) is 5.92 Å². The van der Waals surface area contributed by atoms with E-state index in [1.807, 2.05) is 16.6 Å². The highest BCUT2D eigenvalue weighted by molar-refractivity contribution is 5.45. The van der Waals surface area contributed by atoms with Crippen molar-refractivity contribution in [3.8, 4) is 0 Å². The lowest BCUT2D eigenvalue weighted by molar-refractivity contribution is 0.139. The third-order valence-corrected chi connectivity index (χ3v) is 4.99. The molecule has 2 aromatic heterocycles. The average molecular weight is 287 g/mol. The van der Waals surface area contributed by atoms with Crippen LogP contribution in [-0.2, 0) is 0 Å². The zero-order chi connectivity index (χ0) is 14.4. The lowest BCUT2D eigenvalue weighted by Gasteiger charge is -2.30. The van der Waals surface area contributed by atoms with Gasteiger partial charge in [-0.25, -0.2) is 0 Å². The van der Waals surface area contributed by atoms with Crippen LogP contribution in [-0.4, -0.2) is 37.6 Å². The zero-order valence-corrected chi connectivity index (χ0v) is 12.3. The molecule has 21 heavy (non-hydrogen) atoms. The topological polar surface area (TPSA) is 75.3 Å². The van der Waals surface area contributed by atoms with E-state index in [1.165, 1.54) is 12.8 Å².